The normalized spacial score (nSPS) is 21.4. The van der Waals surface area contributed by atoms with Gasteiger partial charge in [-0.1, -0.05) is 6.07 Å². The SMILES string of the molecule is NC1CCC(N)C(c2ccc3[nH]ncc3c2)C1.O=C(O)C(F)(F)F.O=C(O)C(F)(F)F. The summed E-state index contributed by atoms with van der Waals surface area (Å²) in [5.41, 5.74) is 14.6. The smallest absolute Gasteiger partial charge is 0.475 e. The topological polar surface area (TPSA) is 155 Å². The van der Waals surface area contributed by atoms with E-state index in [1.807, 2.05) is 6.20 Å². The average Bonchev–Trinajstić information content (AvgIpc) is 3.11. The number of carboxylic acid groups (broad SMARTS) is 2. The number of aliphatic carboxylic acids is 2. The van der Waals surface area contributed by atoms with Gasteiger partial charge in [0.25, 0.3) is 0 Å². The van der Waals surface area contributed by atoms with Gasteiger partial charge in [0, 0.05) is 23.4 Å². The number of aromatic amines is 1. The molecule has 1 aromatic heterocycles. The summed E-state index contributed by atoms with van der Waals surface area (Å²) < 4.78 is 63.5. The zero-order chi connectivity index (χ0) is 24.0. The van der Waals surface area contributed by atoms with Crippen LogP contribution in [0.5, 0.6) is 0 Å². The molecule has 1 aliphatic rings. The predicted octanol–water partition coefficient (Wildman–Crippen LogP) is 2.75. The van der Waals surface area contributed by atoms with Crippen molar-refractivity contribution in [1.82, 2.24) is 10.2 Å². The lowest BCUT2D eigenvalue weighted by atomic mass is 9.78. The van der Waals surface area contributed by atoms with Crippen molar-refractivity contribution in [3.63, 3.8) is 0 Å². The molecule has 8 nitrogen and oxygen atoms in total. The Labute approximate surface area is 171 Å². The summed E-state index contributed by atoms with van der Waals surface area (Å²) in [6, 6.07) is 6.92. The fraction of sp³-hybridized carbons (Fsp3) is 0.471. The number of nitrogens with one attached hydrogen (secondary N) is 1. The maximum atomic E-state index is 10.6. The number of nitrogens with zero attached hydrogens (tertiary/aromatic N) is 1. The summed E-state index contributed by atoms with van der Waals surface area (Å²) in [4.78, 5) is 17.8. The molecule has 7 N–H and O–H groups in total. The third kappa shape index (κ3) is 8.41. The van der Waals surface area contributed by atoms with Crippen molar-refractivity contribution in [2.24, 2.45) is 11.5 Å². The first kappa shape index (κ1) is 26.2. The second-order valence-electron chi connectivity index (χ2n) is 6.67. The van der Waals surface area contributed by atoms with Gasteiger partial charge in [-0.15, -0.1) is 0 Å². The van der Waals surface area contributed by atoms with Crippen LogP contribution in [0.25, 0.3) is 10.9 Å². The Hall–Kier alpha value is -2.87. The van der Waals surface area contributed by atoms with E-state index in [0.29, 0.717) is 12.0 Å². The van der Waals surface area contributed by atoms with E-state index >= 15 is 0 Å². The highest BCUT2D eigenvalue weighted by Gasteiger charge is 2.38. The summed E-state index contributed by atoms with van der Waals surface area (Å²) in [5, 5.41) is 22.4. The van der Waals surface area contributed by atoms with Gasteiger partial charge < -0.3 is 21.7 Å². The summed E-state index contributed by atoms with van der Waals surface area (Å²) >= 11 is 0. The van der Waals surface area contributed by atoms with Gasteiger partial charge in [0.2, 0.25) is 0 Å². The van der Waals surface area contributed by atoms with Gasteiger partial charge in [0.1, 0.15) is 0 Å². The minimum atomic E-state index is -5.08. The lowest BCUT2D eigenvalue weighted by Crippen LogP contribution is -2.39. The van der Waals surface area contributed by atoms with Crippen molar-refractivity contribution >= 4 is 22.8 Å². The minimum Gasteiger partial charge on any atom is -0.475 e. The molecule has 1 aliphatic carbocycles. The standard InChI is InChI=1S/C13H18N4.2C2HF3O2/c14-10-2-3-12(15)11(6-10)8-1-4-13-9(5-8)7-16-17-13;2*3-2(4,5)1(6)7/h1,4-5,7,10-12H,2-3,6,14-15H2,(H,16,17);2*(H,6,7). The van der Waals surface area contributed by atoms with E-state index in [-0.39, 0.29) is 6.04 Å². The van der Waals surface area contributed by atoms with Crippen LogP contribution in [0.3, 0.4) is 0 Å². The molecule has 1 heterocycles. The zero-order valence-electron chi connectivity index (χ0n) is 15.7. The first-order valence-corrected chi connectivity index (χ1v) is 8.67. The molecule has 0 radical (unpaired) electrons. The second kappa shape index (κ2) is 10.4. The van der Waals surface area contributed by atoms with Crippen LogP contribution >= 0.6 is 0 Å². The molecule has 1 fully saturated rings. The number of nitrogens with two attached hydrogens (primary N) is 2. The quantitative estimate of drug-likeness (QED) is 0.412. The maximum absolute atomic E-state index is 10.6. The Morgan fingerprint density at radius 2 is 1.52 bits per heavy atom. The first-order valence-electron chi connectivity index (χ1n) is 8.67. The van der Waals surface area contributed by atoms with Crippen LogP contribution in [0.1, 0.15) is 30.7 Å². The van der Waals surface area contributed by atoms with E-state index in [4.69, 9.17) is 31.3 Å². The summed E-state index contributed by atoms with van der Waals surface area (Å²) in [6.07, 6.45) is -5.25. The lowest BCUT2D eigenvalue weighted by molar-refractivity contribution is -0.193. The zero-order valence-corrected chi connectivity index (χ0v) is 15.7. The Bertz CT molecular complexity index is 859. The van der Waals surface area contributed by atoms with E-state index in [9.17, 15) is 26.3 Å². The Morgan fingerprint density at radius 3 is 2.00 bits per heavy atom. The van der Waals surface area contributed by atoms with Crippen LogP contribution in [0, 0.1) is 0 Å². The Balaban J connectivity index is 0.000000288. The summed E-state index contributed by atoms with van der Waals surface area (Å²) in [6.45, 7) is 0. The van der Waals surface area contributed by atoms with Gasteiger partial charge in [-0.25, -0.2) is 9.59 Å². The molecule has 3 unspecified atom stereocenters. The largest absolute Gasteiger partial charge is 0.490 e. The number of rotatable bonds is 1. The van der Waals surface area contributed by atoms with Crippen LogP contribution in [0.2, 0.25) is 0 Å². The van der Waals surface area contributed by atoms with Gasteiger partial charge in [0.15, 0.2) is 0 Å². The monoisotopic (exact) mass is 458 g/mol. The average molecular weight is 458 g/mol. The highest BCUT2D eigenvalue weighted by Crippen LogP contribution is 2.32. The number of halogens is 6. The third-order valence-corrected chi connectivity index (χ3v) is 4.32. The van der Waals surface area contributed by atoms with Crippen LogP contribution in [-0.4, -0.2) is 56.8 Å². The summed E-state index contributed by atoms with van der Waals surface area (Å²) in [7, 11) is 0. The van der Waals surface area contributed by atoms with Crippen molar-refractivity contribution in [1.29, 1.82) is 0 Å². The first-order chi connectivity index (χ1) is 14.1. The highest BCUT2D eigenvalue weighted by molar-refractivity contribution is 5.78. The molecule has 0 saturated heterocycles. The molecule has 174 valence electrons. The van der Waals surface area contributed by atoms with Crippen molar-refractivity contribution < 1.29 is 46.1 Å². The molecule has 0 aliphatic heterocycles. The van der Waals surface area contributed by atoms with E-state index in [2.05, 4.69) is 28.4 Å². The molecule has 2 aromatic rings. The van der Waals surface area contributed by atoms with Crippen LogP contribution < -0.4 is 11.5 Å². The van der Waals surface area contributed by atoms with Crippen molar-refractivity contribution in [2.45, 2.75) is 49.6 Å². The van der Waals surface area contributed by atoms with E-state index in [1.165, 1.54) is 5.56 Å². The van der Waals surface area contributed by atoms with Gasteiger partial charge >= 0.3 is 24.3 Å². The van der Waals surface area contributed by atoms with Crippen molar-refractivity contribution in [3.8, 4) is 0 Å². The number of carbonyl (C=O) groups is 2. The van der Waals surface area contributed by atoms with Gasteiger partial charge in [-0.3, -0.25) is 5.10 Å². The number of aromatic nitrogens is 2. The molecule has 0 spiro atoms. The number of hydrogen-bond acceptors (Lipinski definition) is 5. The molecule has 0 amide bonds. The Kier molecular flexibility index (Phi) is 8.81. The molecule has 1 saturated carbocycles. The molecule has 3 atom stereocenters. The number of alkyl halides is 6. The highest BCUT2D eigenvalue weighted by atomic mass is 19.4. The maximum Gasteiger partial charge on any atom is 0.490 e. The minimum absolute atomic E-state index is 0.235. The third-order valence-electron chi connectivity index (χ3n) is 4.32. The number of benzene rings is 1. The number of fused-ring (bicyclic) bond motifs is 1. The molecular formula is C17H20F6N4O4. The number of hydrogen-bond donors (Lipinski definition) is 5. The van der Waals surface area contributed by atoms with Crippen molar-refractivity contribution in [3.05, 3.63) is 30.0 Å². The predicted molar refractivity (Wildman–Crippen MR) is 96.0 cm³/mol. The molecule has 0 bridgehead atoms. The number of H-pyrrole nitrogens is 1. The lowest BCUT2D eigenvalue weighted by Gasteiger charge is -2.32. The van der Waals surface area contributed by atoms with Gasteiger partial charge in [0.05, 0.1) is 11.7 Å². The molecule has 3 rings (SSSR count). The second-order valence-corrected chi connectivity index (χ2v) is 6.67. The van der Waals surface area contributed by atoms with E-state index in [1.54, 1.807) is 0 Å². The fourth-order valence-corrected chi connectivity index (χ4v) is 2.80. The number of carboxylic acids is 2. The Morgan fingerprint density at radius 1 is 1.00 bits per heavy atom. The van der Waals surface area contributed by atoms with Gasteiger partial charge in [-0.2, -0.15) is 31.4 Å². The van der Waals surface area contributed by atoms with Crippen LogP contribution in [-0.2, 0) is 9.59 Å². The summed E-state index contributed by atoms with van der Waals surface area (Å²) in [5.74, 6) is -5.13. The van der Waals surface area contributed by atoms with Crippen LogP contribution in [0.4, 0.5) is 26.3 Å². The van der Waals surface area contributed by atoms with E-state index in [0.717, 1.165) is 30.2 Å². The molecule has 1 aromatic carbocycles. The molecule has 14 heteroatoms. The van der Waals surface area contributed by atoms with Gasteiger partial charge in [-0.05, 0) is 37.0 Å². The van der Waals surface area contributed by atoms with Crippen LogP contribution in [0.15, 0.2) is 24.4 Å². The fourth-order valence-electron chi connectivity index (χ4n) is 2.80. The van der Waals surface area contributed by atoms with E-state index < -0.39 is 24.3 Å². The molecule has 31 heavy (non-hydrogen) atoms. The molecular weight excluding hydrogens is 438 g/mol. The van der Waals surface area contributed by atoms with Crippen molar-refractivity contribution in [2.75, 3.05) is 0 Å².